The van der Waals surface area contributed by atoms with E-state index in [9.17, 15) is 13.0 Å². The third-order valence-corrected chi connectivity index (χ3v) is 15.5. The van der Waals surface area contributed by atoms with Gasteiger partial charge in [0.2, 0.25) is 0 Å². The van der Waals surface area contributed by atoms with E-state index in [4.69, 9.17) is 0 Å². The van der Waals surface area contributed by atoms with Crippen LogP contribution in [0.1, 0.15) is 96.3 Å². The van der Waals surface area contributed by atoms with Gasteiger partial charge < -0.3 is 0 Å². The van der Waals surface area contributed by atoms with E-state index in [2.05, 4.69) is 42.5 Å². The van der Waals surface area contributed by atoms with Gasteiger partial charge in [0.05, 0.1) is 54.6 Å². The van der Waals surface area contributed by atoms with Gasteiger partial charge in [0.1, 0.15) is 0 Å². The minimum absolute atomic E-state index is 0.00275. The fraction of sp³-hybridized carbons (Fsp3) is 1.00. The van der Waals surface area contributed by atoms with Gasteiger partial charge in [-0.25, -0.2) is 0 Å². The van der Waals surface area contributed by atoms with Crippen LogP contribution in [0.15, 0.2) is 0 Å². The van der Waals surface area contributed by atoms with Crippen LogP contribution in [0.4, 0.5) is 0 Å². The Kier molecular flexibility index (Phi) is 7.85. The van der Waals surface area contributed by atoms with E-state index in [-0.39, 0.29) is 48.8 Å². The summed E-state index contributed by atoms with van der Waals surface area (Å²) in [5.74, 6) is 3.50. The summed E-state index contributed by atoms with van der Waals surface area (Å²) < 4.78 is 36.1. The summed E-state index contributed by atoms with van der Waals surface area (Å²) in [6.45, 7) is 0. The van der Waals surface area contributed by atoms with Crippen LogP contribution in [-0.4, -0.2) is 67.5 Å². The Morgan fingerprint density at radius 3 is 0.955 bits per heavy atom. The van der Waals surface area contributed by atoms with E-state index < -0.39 is 15.4 Å². The van der Waals surface area contributed by atoms with Crippen molar-refractivity contribution in [2.75, 3.05) is 0 Å². The maximum atomic E-state index is 12.8. The van der Waals surface area contributed by atoms with Gasteiger partial charge in [-0.2, -0.15) is 8.42 Å². The smallest absolute Gasteiger partial charge is 0.268 e. The molecule has 12 heteroatoms. The Morgan fingerprint density at radius 2 is 0.636 bits per heavy atom. The highest BCUT2D eigenvalue weighted by molar-refractivity contribution is 7.86. The molecule has 11 nitrogen and oxygen atoms in total. The van der Waals surface area contributed by atoms with Gasteiger partial charge in [-0.1, -0.05) is 44.9 Å². The first-order chi connectivity index (χ1) is 21.4. The van der Waals surface area contributed by atoms with E-state index in [0.717, 1.165) is 12.8 Å². The van der Waals surface area contributed by atoms with Gasteiger partial charge in [0.25, 0.3) is 10.1 Å². The molecule has 4 saturated carbocycles. The number of hydrogen-bond donors (Lipinski definition) is 9. The molecule has 8 bridgehead atoms. The van der Waals surface area contributed by atoms with E-state index in [1.807, 2.05) is 0 Å². The van der Waals surface area contributed by atoms with Crippen LogP contribution in [0.2, 0.25) is 0 Å². The summed E-state index contributed by atoms with van der Waals surface area (Å²) >= 11 is 0. The van der Waals surface area contributed by atoms with Crippen LogP contribution >= 0.6 is 0 Å². The second-order valence-electron chi connectivity index (χ2n) is 16.2. The molecule has 44 heavy (non-hydrogen) atoms. The van der Waals surface area contributed by atoms with Crippen LogP contribution in [-0.2, 0) is 10.1 Å². The quantitative estimate of drug-likeness (QED) is 0.194. The zero-order valence-corrected chi connectivity index (χ0v) is 26.9. The third-order valence-electron chi connectivity index (χ3n) is 14.2. The number of hydrogen-bond acceptors (Lipinski definition) is 10. The standard InChI is InChI=1S/C32H56N8O3S/c41-44(42,43)23-15-7-14-22-24(23)32-39-30-21-13-6-5-12-20(21)28(37-30)35-26-17-9-2-1-8-16(17)25(33-26)34-27-18-10-3-4-11-19(18)29(36-27)38-31(22)40-32/h16-40H,1-15H2,(H,41,42,43). The predicted molar refractivity (Wildman–Crippen MR) is 168 cm³/mol. The molecule has 0 amide bonds. The normalized spacial score (nSPS) is 55.5. The molecule has 9 rings (SSSR count). The molecule has 9 N–H and O–H groups in total. The molecule has 0 spiro atoms. The average molecular weight is 633 g/mol. The summed E-state index contributed by atoms with van der Waals surface area (Å²) in [7, 11) is -4.16. The maximum Gasteiger partial charge on any atom is 0.268 e. The molecule has 0 aromatic carbocycles. The summed E-state index contributed by atoms with van der Waals surface area (Å²) in [5, 5.41) is 31.8. The van der Waals surface area contributed by atoms with Crippen molar-refractivity contribution in [3.05, 3.63) is 0 Å². The maximum absolute atomic E-state index is 12.8. The zero-order chi connectivity index (χ0) is 29.6. The first-order valence-electron chi connectivity index (χ1n) is 18.5. The monoisotopic (exact) mass is 632 g/mol. The molecule has 5 saturated heterocycles. The molecule has 0 aromatic heterocycles. The molecular formula is C32H56N8O3S. The molecule has 5 heterocycles. The molecule has 17 unspecified atom stereocenters. The highest BCUT2D eigenvalue weighted by Crippen LogP contribution is 2.46. The topological polar surface area (TPSA) is 151 Å². The Bertz CT molecular complexity index is 1180. The lowest BCUT2D eigenvalue weighted by Crippen LogP contribution is -2.62. The van der Waals surface area contributed by atoms with E-state index in [1.54, 1.807) is 0 Å². The lowest BCUT2D eigenvalue weighted by atomic mass is 9.76. The van der Waals surface area contributed by atoms with Gasteiger partial charge >= 0.3 is 0 Å². The Morgan fingerprint density at radius 1 is 0.364 bits per heavy atom. The number of fused-ring (bicyclic) bond motifs is 20. The Labute approximate surface area is 263 Å². The Balaban J connectivity index is 1.08. The van der Waals surface area contributed by atoms with Crippen molar-refractivity contribution in [3.63, 3.8) is 0 Å². The van der Waals surface area contributed by atoms with Crippen molar-refractivity contribution in [1.29, 1.82) is 0 Å². The predicted octanol–water partition coefficient (Wildman–Crippen LogP) is 1.47. The summed E-state index contributed by atoms with van der Waals surface area (Å²) in [6.07, 6.45) is 18.9. The molecule has 17 atom stereocenters. The largest absolute Gasteiger partial charge is 0.286 e. The SMILES string of the molecule is O=S(=O)(O)C1CCCC2C3NC4NC(NC5NC(NC6NC(NC(N3)C21)C1CCCCC61)C1CCCCC51)C1CCCCC41. The first kappa shape index (κ1) is 29.7. The van der Waals surface area contributed by atoms with E-state index in [1.165, 1.54) is 77.0 Å². The lowest BCUT2D eigenvalue weighted by Gasteiger charge is -2.38. The van der Waals surface area contributed by atoms with Crippen molar-refractivity contribution in [2.45, 2.75) is 151 Å². The van der Waals surface area contributed by atoms with Crippen LogP contribution < -0.4 is 42.5 Å². The molecule has 9 aliphatic rings. The zero-order valence-electron chi connectivity index (χ0n) is 26.1. The van der Waals surface area contributed by atoms with Crippen LogP contribution in [0, 0.1) is 47.3 Å². The summed E-state index contributed by atoms with van der Waals surface area (Å²) in [4.78, 5) is 0. The number of nitrogens with one attached hydrogen (secondary N) is 8. The van der Waals surface area contributed by atoms with Gasteiger partial charge in [-0.15, -0.1) is 0 Å². The van der Waals surface area contributed by atoms with Crippen LogP contribution in [0.5, 0.6) is 0 Å². The summed E-state index contributed by atoms with van der Waals surface area (Å²) in [6, 6.07) is 0. The van der Waals surface area contributed by atoms with Crippen LogP contribution in [0.3, 0.4) is 0 Å². The molecule has 0 aromatic rings. The fourth-order valence-electron chi connectivity index (χ4n) is 12.3. The summed E-state index contributed by atoms with van der Waals surface area (Å²) in [5.41, 5.74) is 0. The molecule has 0 radical (unpaired) electrons. The number of rotatable bonds is 1. The van der Waals surface area contributed by atoms with Gasteiger partial charge in [0, 0.05) is 5.92 Å². The molecule has 9 fully saturated rings. The molecule has 4 aliphatic carbocycles. The van der Waals surface area contributed by atoms with Crippen molar-refractivity contribution >= 4 is 10.1 Å². The molecule has 248 valence electrons. The Hall–Kier alpha value is -0.410. The van der Waals surface area contributed by atoms with Gasteiger partial charge in [0.15, 0.2) is 0 Å². The van der Waals surface area contributed by atoms with Crippen molar-refractivity contribution in [3.8, 4) is 0 Å². The molecular weight excluding hydrogens is 576 g/mol. The van der Waals surface area contributed by atoms with E-state index in [0.29, 0.717) is 54.3 Å². The molecule has 5 aliphatic heterocycles. The highest BCUT2D eigenvalue weighted by atomic mass is 32.2. The van der Waals surface area contributed by atoms with E-state index >= 15 is 0 Å². The highest BCUT2D eigenvalue weighted by Gasteiger charge is 2.57. The minimum atomic E-state index is -4.16. The van der Waals surface area contributed by atoms with Gasteiger partial charge in [-0.3, -0.25) is 47.1 Å². The van der Waals surface area contributed by atoms with Gasteiger partial charge in [-0.05, 0) is 92.8 Å². The van der Waals surface area contributed by atoms with Crippen LogP contribution in [0.25, 0.3) is 0 Å². The average Bonchev–Trinajstić information content (AvgIpc) is 3.76. The third kappa shape index (κ3) is 5.04. The lowest BCUT2D eigenvalue weighted by molar-refractivity contribution is 0.167. The second kappa shape index (κ2) is 11.6. The van der Waals surface area contributed by atoms with Crippen molar-refractivity contribution in [1.82, 2.24) is 42.5 Å². The first-order valence-corrected chi connectivity index (χ1v) is 20.0. The van der Waals surface area contributed by atoms with Crippen molar-refractivity contribution < 1.29 is 13.0 Å². The second-order valence-corrected chi connectivity index (χ2v) is 17.9. The van der Waals surface area contributed by atoms with Crippen molar-refractivity contribution in [2.24, 2.45) is 47.3 Å². The minimum Gasteiger partial charge on any atom is -0.286 e. The fourth-order valence-corrected chi connectivity index (χ4v) is 13.6.